The maximum absolute atomic E-state index is 2.53. The van der Waals surface area contributed by atoms with Crippen molar-refractivity contribution in [3.8, 4) is 55.6 Å². The Labute approximate surface area is 369 Å². The van der Waals surface area contributed by atoms with E-state index in [0.29, 0.717) is 0 Å². The third-order valence-electron chi connectivity index (χ3n) is 12.8. The second-order valence-corrected chi connectivity index (χ2v) is 16.5. The molecule has 0 aliphatic carbocycles. The average molecular weight is 801 g/mol. The topological polar surface area (TPSA) is 6.48 Å². The molecule has 2 aliphatic heterocycles. The number of hydrogen-bond acceptors (Lipinski definition) is 2. The monoisotopic (exact) mass is 800 g/mol. The molecule has 0 saturated heterocycles. The molecule has 0 N–H and O–H groups in total. The fourth-order valence-electron chi connectivity index (χ4n) is 9.97. The van der Waals surface area contributed by atoms with E-state index in [9.17, 15) is 0 Å². The SMILES string of the molecule is c1ccc(-c2ccc(N3c4cccc(-c5ccccc5)c4B4c5cc(-c6ccccc6)ccc5N(c5cccc(-c6ccccc6)c5)c5cc(-c6ccccc6)cc3c54)cc2)cc1. The van der Waals surface area contributed by atoms with E-state index < -0.39 is 0 Å². The molecule has 0 saturated carbocycles. The predicted molar refractivity (Wildman–Crippen MR) is 268 cm³/mol. The number of rotatable bonds is 7. The standard InChI is InChI=1S/C60H41BN2/c1-6-18-42(19-7-1)46-32-35-51(36-33-46)62-56-31-17-30-53(47-26-14-5-15-27-47)59(56)61-54-39-49(44-22-10-3-11-23-44)34-37-55(54)63(52-29-16-28-48(38-52)43-20-8-2-9-21-43)58-41-50(40-57(62)60(58)61)45-24-12-4-13-25-45/h1-41H. The maximum Gasteiger partial charge on any atom is 0.252 e. The van der Waals surface area contributed by atoms with Gasteiger partial charge in [0.1, 0.15) is 0 Å². The zero-order valence-electron chi connectivity index (χ0n) is 34.6. The van der Waals surface area contributed by atoms with Crippen molar-refractivity contribution >= 4 is 57.2 Å². The highest BCUT2D eigenvalue weighted by molar-refractivity contribution is 7.01. The molecule has 10 aromatic carbocycles. The average Bonchev–Trinajstić information content (AvgIpc) is 3.37. The lowest BCUT2D eigenvalue weighted by molar-refractivity contribution is 1.25. The Hall–Kier alpha value is -8.14. The van der Waals surface area contributed by atoms with Crippen LogP contribution in [0.4, 0.5) is 34.1 Å². The van der Waals surface area contributed by atoms with E-state index in [2.05, 4.69) is 259 Å². The number of nitrogens with zero attached hydrogens (tertiary/aromatic N) is 2. The highest BCUT2D eigenvalue weighted by Crippen LogP contribution is 2.48. The number of hydrogen-bond donors (Lipinski definition) is 0. The van der Waals surface area contributed by atoms with Gasteiger partial charge >= 0.3 is 0 Å². The van der Waals surface area contributed by atoms with Crippen LogP contribution in [0.5, 0.6) is 0 Å². The molecule has 2 heterocycles. The van der Waals surface area contributed by atoms with Gasteiger partial charge in [-0.2, -0.15) is 0 Å². The lowest BCUT2D eigenvalue weighted by Crippen LogP contribution is -2.62. The van der Waals surface area contributed by atoms with E-state index >= 15 is 0 Å². The molecule has 0 atom stereocenters. The van der Waals surface area contributed by atoms with Crippen LogP contribution in [0.25, 0.3) is 55.6 Å². The minimum Gasteiger partial charge on any atom is -0.311 e. The quantitative estimate of drug-likeness (QED) is 0.148. The fourth-order valence-corrected chi connectivity index (χ4v) is 9.97. The van der Waals surface area contributed by atoms with E-state index in [1.165, 1.54) is 94.8 Å². The zero-order valence-corrected chi connectivity index (χ0v) is 34.6. The van der Waals surface area contributed by atoms with Crippen LogP contribution in [-0.4, -0.2) is 6.71 Å². The van der Waals surface area contributed by atoms with E-state index in [1.54, 1.807) is 0 Å². The smallest absolute Gasteiger partial charge is 0.252 e. The van der Waals surface area contributed by atoms with Gasteiger partial charge in [0.15, 0.2) is 0 Å². The van der Waals surface area contributed by atoms with Gasteiger partial charge in [0.05, 0.1) is 0 Å². The van der Waals surface area contributed by atoms with Gasteiger partial charge in [-0.1, -0.05) is 200 Å². The Bertz CT molecular complexity index is 3260. The Morgan fingerprint density at radius 3 is 1.27 bits per heavy atom. The number of anilines is 6. The highest BCUT2D eigenvalue weighted by Gasteiger charge is 2.45. The minimum atomic E-state index is -0.0710. The Morgan fingerprint density at radius 2 is 0.683 bits per heavy atom. The van der Waals surface area contributed by atoms with Gasteiger partial charge < -0.3 is 9.80 Å². The summed E-state index contributed by atoms with van der Waals surface area (Å²) in [4.78, 5) is 5.06. The molecule has 0 amide bonds. The summed E-state index contributed by atoms with van der Waals surface area (Å²) in [5.74, 6) is 0. The first-order valence-corrected chi connectivity index (χ1v) is 21.8. The van der Waals surface area contributed by atoms with Crippen LogP contribution in [0.3, 0.4) is 0 Å². The second kappa shape index (κ2) is 15.4. The van der Waals surface area contributed by atoms with Crippen molar-refractivity contribution < 1.29 is 0 Å². The molecule has 0 radical (unpaired) electrons. The molecule has 12 rings (SSSR count). The molecule has 0 spiro atoms. The first-order chi connectivity index (χ1) is 31.3. The summed E-state index contributed by atoms with van der Waals surface area (Å²) in [6, 6.07) is 91.2. The molecule has 0 fully saturated rings. The van der Waals surface area contributed by atoms with E-state index in [0.717, 1.165) is 11.4 Å². The molecule has 3 heteroatoms. The molecule has 63 heavy (non-hydrogen) atoms. The fraction of sp³-hybridized carbons (Fsp3) is 0. The summed E-state index contributed by atoms with van der Waals surface area (Å²) in [6.07, 6.45) is 0. The maximum atomic E-state index is 2.53. The predicted octanol–water partition coefficient (Wildman–Crippen LogP) is 14.1. The second-order valence-electron chi connectivity index (χ2n) is 16.5. The molecular weight excluding hydrogens is 759 g/mol. The third-order valence-corrected chi connectivity index (χ3v) is 12.8. The zero-order chi connectivity index (χ0) is 41.7. The first kappa shape index (κ1) is 36.7. The van der Waals surface area contributed by atoms with Crippen molar-refractivity contribution in [1.29, 1.82) is 0 Å². The van der Waals surface area contributed by atoms with Gasteiger partial charge in [0.25, 0.3) is 6.71 Å². The van der Waals surface area contributed by atoms with Gasteiger partial charge in [-0.25, -0.2) is 0 Å². The summed E-state index contributed by atoms with van der Waals surface area (Å²) >= 11 is 0. The molecule has 0 unspecified atom stereocenters. The summed E-state index contributed by atoms with van der Waals surface area (Å²) in [5, 5.41) is 0. The van der Waals surface area contributed by atoms with Crippen molar-refractivity contribution in [1.82, 2.24) is 0 Å². The van der Waals surface area contributed by atoms with Crippen molar-refractivity contribution in [3.05, 3.63) is 249 Å². The molecular formula is C60H41BN2. The molecule has 2 aliphatic rings. The van der Waals surface area contributed by atoms with Crippen LogP contribution < -0.4 is 26.2 Å². The largest absolute Gasteiger partial charge is 0.311 e. The first-order valence-electron chi connectivity index (χ1n) is 21.8. The van der Waals surface area contributed by atoms with Gasteiger partial charge in [-0.3, -0.25) is 0 Å². The summed E-state index contributed by atoms with van der Waals surface area (Å²) < 4.78 is 0. The van der Waals surface area contributed by atoms with E-state index in [1.807, 2.05) is 0 Å². The van der Waals surface area contributed by atoms with Gasteiger partial charge in [0.2, 0.25) is 0 Å². The summed E-state index contributed by atoms with van der Waals surface area (Å²) in [5.41, 5.74) is 22.8. The number of fused-ring (bicyclic) bond motifs is 4. The lowest BCUT2D eigenvalue weighted by Gasteiger charge is -2.45. The van der Waals surface area contributed by atoms with Crippen LogP contribution in [0, 0.1) is 0 Å². The van der Waals surface area contributed by atoms with Crippen molar-refractivity contribution in [2.75, 3.05) is 9.80 Å². The Balaban J connectivity index is 1.19. The Kier molecular flexibility index (Phi) is 8.97. The van der Waals surface area contributed by atoms with Crippen LogP contribution in [0.1, 0.15) is 0 Å². The highest BCUT2D eigenvalue weighted by atomic mass is 15.2. The van der Waals surface area contributed by atoms with Crippen molar-refractivity contribution in [3.63, 3.8) is 0 Å². The third kappa shape index (κ3) is 6.37. The molecule has 294 valence electrons. The van der Waals surface area contributed by atoms with Crippen LogP contribution >= 0.6 is 0 Å². The molecule has 0 bridgehead atoms. The summed E-state index contributed by atoms with van der Waals surface area (Å²) in [7, 11) is 0. The van der Waals surface area contributed by atoms with Gasteiger partial charge in [-0.15, -0.1) is 0 Å². The molecule has 10 aromatic rings. The van der Waals surface area contributed by atoms with Crippen LogP contribution in [-0.2, 0) is 0 Å². The minimum absolute atomic E-state index is 0.0710. The normalized spacial score (nSPS) is 12.3. The van der Waals surface area contributed by atoms with Crippen LogP contribution in [0.15, 0.2) is 249 Å². The summed E-state index contributed by atoms with van der Waals surface area (Å²) in [6.45, 7) is -0.0710. The molecule has 2 nitrogen and oxygen atoms in total. The molecule has 0 aromatic heterocycles. The van der Waals surface area contributed by atoms with Crippen molar-refractivity contribution in [2.24, 2.45) is 0 Å². The van der Waals surface area contributed by atoms with Crippen LogP contribution in [0.2, 0.25) is 0 Å². The van der Waals surface area contributed by atoms with E-state index in [-0.39, 0.29) is 6.71 Å². The van der Waals surface area contributed by atoms with Gasteiger partial charge in [-0.05, 0) is 121 Å². The van der Waals surface area contributed by atoms with Gasteiger partial charge in [0, 0.05) is 34.1 Å². The van der Waals surface area contributed by atoms with Crippen molar-refractivity contribution in [2.45, 2.75) is 0 Å². The lowest BCUT2D eigenvalue weighted by atomic mass is 9.32. The Morgan fingerprint density at radius 1 is 0.238 bits per heavy atom. The number of benzene rings is 10. The van der Waals surface area contributed by atoms with E-state index in [4.69, 9.17) is 0 Å².